The zero-order chi connectivity index (χ0) is 20.0. The topological polar surface area (TPSA) is 88.3 Å². The van der Waals surface area contributed by atoms with Crippen molar-refractivity contribution in [1.82, 2.24) is 25.1 Å². The number of nitrogens with zero attached hydrogens (tertiary/aromatic N) is 5. The third-order valence-electron chi connectivity index (χ3n) is 6.00. The maximum Gasteiger partial charge on any atom is 0.320 e. The van der Waals surface area contributed by atoms with Crippen LogP contribution in [0.15, 0.2) is 24.4 Å². The van der Waals surface area contributed by atoms with E-state index in [9.17, 15) is 5.11 Å². The molecular weight excluding hydrogens is 368 g/mol. The summed E-state index contributed by atoms with van der Waals surface area (Å²) >= 11 is 0. The van der Waals surface area contributed by atoms with Crippen LogP contribution in [0.25, 0.3) is 16.7 Å². The third kappa shape index (κ3) is 3.32. The van der Waals surface area contributed by atoms with Gasteiger partial charge in [-0.3, -0.25) is 0 Å². The molecule has 3 aromatic rings. The van der Waals surface area contributed by atoms with Crippen LogP contribution < -0.4 is 15.0 Å². The molecule has 0 bridgehead atoms. The number of benzene rings is 1. The number of piperidine rings is 1. The number of ether oxygens (including phenoxy) is 1. The second kappa shape index (κ2) is 7.27. The largest absolute Gasteiger partial charge is 0.467 e. The number of rotatable bonds is 4. The maximum absolute atomic E-state index is 9.64. The normalized spacial score (nSPS) is 18.2. The Hall–Kier alpha value is -2.71. The van der Waals surface area contributed by atoms with E-state index in [1.165, 1.54) is 11.1 Å². The number of aliphatic hydroxyl groups excluding tert-OH is 1. The molecular formula is C21H26N6O2. The highest BCUT2D eigenvalue weighted by Gasteiger charge is 2.27. The molecule has 0 saturated carbocycles. The van der Waals surface area contributed by atoms with Crippen LogP contribution in [-0.2, 0) is 0 Å². The summed E-state index contributed by atoms with van der Waals surface area (Å²) in [5, 5.41) is 18.8. The molecule has 2 N–H and O–H groups in total. The minimum atomic E-state index is -0.305. The molecule has 4 heterocycles. The Morgan fingerprint density at radius 3 is 2.59 bits per heavy atom. The van der Waals surface area contributed by atoms with Crippen molar-refractivity contribution < 1.29 is 9.84 Å². The fourth-order valence-electron chi connectivity index (χ4n) is 4.36. The van der Waals surface area contributed by atoms with E-state index in [0.29, 0.717) is 30.8 Å². The molecule has 0 amide bonds. The Morgan fingerprint density at radius 2 is 1.86 bits per heavy atom. The van der Waals surface area contributed by atoms with Gasteiger partial charge in [-0.25, -0.2) is 4.68 Å². The van der Waals surface area contributed by atoms with E-state index in [2.05, 4.69) is 39.4 Å². The van der Waals surface area contributed by atoms with E-state index in [1.807, 2.05) is 21.8 Å². The van der Waals surface area contributed by atoms with Crippen molar-refractivity contribution in [2.24, 2.45) is 0 Å². The van der Waals surface area contributed by atoms with Crippen molar-refractivity contribution in [2.45, 2.75) is 31.8 Å². The van der Waals surface area contributed by atoms with Crippen LogP contribution in [0, 0.1) is 6.92 Å². The first-order valence-corrected chi connectivity index (χ1v) is 10.2. The third-order valence-corrected chi connectivity index (χ3v) is 6.00. The highest BCUT2D eigenvalue weighted by atomic mass is 16.5. The number of β-amino-alcohol motifs (C(OH)–C–C–N with tert-alkyl or cyclic N) is 1. The average Bonchev–Trinajstić information content (AvgIpc) is 3.13. The van der Waals surface area contributed by atoms with E-state index in [0.717, 1.165) is 42.7 Å². The first-order valence-electron chi connectivity index (χ1n) is 10.2. The van der Waals surface area contributed by atoms with Crippen LogP contribution in [0.2, 0.25) is 0 Å². The summed E-state index contributed by atoms with van der Waals surface area (Å²) < 4.78 is 7.19. The Kier molecular flexibility index (Phi) is 4.60. The summed E-state index contributed by atoms with van der Waals surface area (Å²) in [7, 11) is 1.56. The lowest BCUT2D eigenvalue weighted by atomic mass is 9.87. The molecule has 2 saturated heterocycles. The fraction of sp³-hybridized carbons (Fsp3) is 0.476. The van der Waals surface area contributed by atoms with Crippen molar-refractivity contribution in [1.29, 1.82) is 0 Å². The number of methoxy groups -OCH3 is 1. The van der Waals surface area contributed by atoms with Crippen LogP contribution >= 0.6 is 0 Å². The predicted octanol–water partition coefficient (Wildman–Crippen LogP) is 1.78. The Morgan fingerprint density at radius 1 is 1.10 bits per heavy atom. The lowest BCUT2D eigenvalue weighted by Crippen LogP contribution is -2.51. The molecule has 0 spiro atoms. The van der Waals surface area contributed by atoms with E-state index < -0.39 is 0 Å². The number of aromatic nitrogens is 4. The van der Waals surface area contributed by atoms with Crippen molar-refractivity contribution >= 4 is 16.7 Å². The second-order valence-electron chi connectivity index (χ2n) is 7.98. The minimum absolute atomic E-state index is 0.299. The molecule has 2 fully saturated rings. The van der Waals surface area contributed by atoms with Gasteiger partial charge in [0.05, 0.1) is 24.9 Å². The quantitative estimate of drug-likeness (QED) is 0.697. The first-order chi connectivity index (χ1) is 14.1. The van der Waals surface area contributed by atoms with Gasteiger partial charge in [0, 0.05) is 24.5 Å². The predicted molar refractivity (Wildman–Crippen MR) is 111 cm³/mol. The lowest BCUT2D eigenvalue weighted by molar-refractivity contribution is 0.141. The summed E-state index contributed by atoms with van der Waals surface area (Å²) in [6.07, 6.45) is 3.89. The number of nitrogens with one attached hydrogen (secondary N) is 1. The van der Waals surface area contributed by atoms with Gasteiger partial charge in [-0.05, 0) is 62.0 Å². The lowest BCUT2D eigenvalue weighted by Gasteiger charge is -2.36. The van der Waals surface area contributed by atoms with E-state index >= 15 is 0 Å². The summed E-state index contributed by atoms with van der Waals surface area (Å²) in [6, 6.07) is 6.70. The van der Waals surface area contributed by atoms with Crippen LogP contribution in [0.5, 0.6) is 6.01 Å². The smallest absolute Gasteiger partial charge is 0.320 e. The van der Waals surface area contributed by atoms with Gasteiger partial charge in [0.25, 0.3) is 0 Å². The van der Waals surface area contributed by atoms with Gasteiger partial charge in [0.1, 0.15) is 5.82 Å². The maximum atomic E-state index is 9.64. The molecule has 0 radical (unpaired) electrons. The molecule has 8 nitrogen and oxygen atoms in total. The number of anilines is 1. The molecule has 0 unspecified atom stereocenters. The van der Waals surface area contributed by atoms with Crippen LogP contribution in [-0.4, -0.2) is 64.2 Å². The molecule has 2 aromatic heterocycles. The number of fused-ring (bicyclic) bond motifs is 1. The zero-order valence-electron chi connectivity index (χ0n) is 16.8. The van der Waals surface area contributed by atoms with Crippen molar-refractivity contribution in [2.75, 3.05) is 38.2 Å². The van der Waals surface area contributed by atoms with Crippen LogP contribution in [0.1, 0.15) is 29.9 Å². The van der Waals surface area contributed by atoms with E-state index in [-0.39, 0.29) is 6.10 Å². The van der Waals surface area contributed by atoms with E-state index in [4.69, 9.17) is 4.74 Å². The highest BCUT2D eigenvalue weighted by Crippen LogP contribution is 2.32. The molecule has 0 aliphatic carbocycles. The van der Waals surface area contributed by atoms with Gasteiger partial charge in [-0.2, -0.15) is 15.1 Å². The molecule has 2 aliphatic rings. The SMILES string of the molecule is COc1nc(N2CC(O)C2)cc(-n2ncc3cc(C)c(C4CCNCC4)cc32)n1. The van der Waals surface area contributed by atoms with Crippen molar-refractivity contribution in [3.05, 3.63) is 35.5 Å². The Bertz CT molecular complexity index is 1040. The summed E-state index contributed by atoms with van der Waals surface area (Å²) in [6.45, 7) is 5.46. The molecule has 5 rings (SSSR count). The Labute approximate surface area is 169 Å². The van der Waals surface area contributed by atoms with Gasteiger partial charge >= 0.3 is 6.01 Å². The number of aryl methyl sites for hydroxylation is 1. The zero-order valence-corrected chi connectivity index (χ0v) is 16.8. The number of hydrogen-bond acceptors (Lipinski definition) is 7. The molecule has 0 atom stereocenters. The van der Waals surface area contributed by atoms with Gasteiger partial charge in [-0.1, -0.05) is 0 Å². The van der Waals surface area contributed by atoms with Crippen LogP contribution in [0.3, 0.4) is 0 Å². The monoisotopic (exact) mass is 394 g/mol. The Balaban J connectivity index is 1.58. The first kappa shape index (κ1) is 18.3. The number of hydrogen-bond donors (Lipinski definition) is 2. The van der Waals surface area contributed by atoms with Crippen molar-refractivity contribution in [3.63, 3.8) is 0 Å². The van der Waals surface area contributed by atoms with Crippen molar-refractivity contribution in [3.8, 4) is 11.8 Å². The van der Waals surface area contributed by atoms with Gasteiger partial charge in [0.15, 0.2) is 5.82 Å². The molecule has 2 aliphatic heterocycles. The van der Waals surface area contributed by atoms with Crippen LogP contribution in [0.4, 0.5) is 5.82 Å². The minimum Gasteiger partial charge on any atom is -0.467 e. The molecule has 1 aromatic carbocycles. The second-order valence-corrected chi connectivity index (χ2v) is 7.98. The van der Waals surface area contributed by atoms with E-state index in [1.54, 1.807) is 7.11 Å². The molecule has 152 valence electrons. The summed E-state index contributed by atoms with van der Waals surface area (Å²) in [5.74, 6) is 1.98. The summed E-state index contributed by atoms with van der Waals surface area (Å²) in [4.78, 5) is 11.0. The summed E-state index contributed by atoms with van der Waals surface area (Å²) in [5.41, 5.74) is 3.76. The molecule has 8 heteroatoms. The highest BCUT2D eigenvalue weighted by molar-refractivity contribution is 5.82. The van der Waals surface area contributed by atoms with Gasteiger partial charge < -0.3 is 20.1 Å². The number of aliphatic hydroxyl groups is 1. The average molecular weight is 394 g/mol. The standard InChI is InChI=1S/C21H26N6O2/c1-13-7-15-10-23-27(18(15)8-17(13)14-3-5-22-6-4-14)20-9-19(24-21(25-20)29-2)26-11-16(28)12-26/h7-10,14,16,22,28H,3-6,11-12H2,1-2H3. The fourth-order valence-corrected chi connectivity index (χ4v) is 4.36. The molecule has 29 heavy (non-hydrogen) atoms. The van der Waals surface area contributed by atoms with Gasteiger partial charge in [0.2, 0.25) is 0 Å². The van der Waals surface area contributed by atoms with Gasteiger partial charge in [-0.15, -0.1) is 0 Å².